The van der Waals surface area contributed by atoms with E-state index in [1.165, 1.54) is 29.4 Å². The molecule has 4 rings (SSSR count). The number of allylic oxidation sites excluding steroid dienone is 2. The molecule has 0 fully saturated rings. The van der Waals surface area contributed by atoms with Gasteiger partial charge in [0, 0.05) is 23.0 Å². The van der Waals surface area contributed by atoms with E-state index in [4.69, 9.17) is 9.15 Å². The first-order valence-electron chi connectivity index (χ1n) is 11.0. The molecule has 1 aliphatic heterocycles. The lowest BCUT2D eigenvalue weighted by molar-refractivity contribution is -0.114. The van der Waals surface area contributed by atoms with Gasteiger partial charge in [-0.25, -0.2) is 4.98 Å². The molecule has 0 saturated carbocycles. The number of rotatable bonds is 9. The van der Waals surface area contributed by atoms with Crippen molar-refractivity contribution in [3.05, 3.63) is 81.9 Å². The molecule has 3 aromatic rings. The largest absolute Gasteiger partial charge is 0.494 e. The van der Waals surface area contributed by atoms with Gasteiger partial charge in [-0.2, -0.15) is 5.26 Å². The Labute approximate surface area is 216 Å². The summed E-state index contributed by atoms with van der Waals surface area (Å²) in [6, 6.07) is 12.7. The van der Waals surface area contributed by atoms with Crippen molar-refractivity contribution in [2.75, 3.05) is 23.0 Å². The van der Waals surface area contributed by atoms with Crippen LogP contribution in [0.4, 0.5) is 10.8 Å². The van der Waals surface area contributed by atoms with Gasteiger partial charge < -0.3 is 25.1 Å². The highest BCUT2D eigenvalue weighted by atomic mass is 32.2. The van der Waals surface area contributed by atoms with Crippen LogP contribution in [0.5, 0.6) is 5.75 Å². The first kappa shape index (κ1) is 25.1. The average molecular weight is 522 g/mol. The molecular weight excluding hydrogens is 498 g/mol. The Kier molecular flexibility index (Phi) is 8.10. The molecule has 1 aromatic carbocycles. The van der Waals surface area contributed by atoms with Crippen LogP contribution in [0, 0.1) is 11.3 Å². The van der Waals surface area contributed by atoms with E-state index in [1.807, 2.05) is 6.92 Å². The smallest absolute Gasteiger partial charge is 0.254 e. The zero-order valence-electron chi connectivity index (χ0n) is 19.5. The van der Waals surface area contributed by atoms with E-state index in [9.17, 15) is 14.9 Å². The minimum atomic E-state index is -0.738. The molecule has 0 bridgehead atoms. The van der Waals surface area contributed by atoms with Crippen LogP contribution in [0.1, 0.15) is 25.5 Å². The molecule has 2 amide bonds. The highest BCUT2D eigenvalue weighted by Crippen LogP contribution is 2.41. The maximum Gasteiger partial charge on any atom is 0.254 e. The van der Waals surface area contributed by atoms with Crippen molar-refractivity contribution < 1.29 is 18.7 Å². The number of thioether (sulfide) groups is 1. The molecular formula is C25H23N5O4S2. The van der Waals surface area contributed by atoms with Crippen LogP contribution in [0.15, 0.2) is 80.5 Å². The summed E-state index contributed by atoms with van der Waals surface area (Å²) in [6.45, 7) is 4.20. The van der Waals surface area contributed by atoms with Crippen LogP contribution in [-0.4, -0.2) is 29.2 Å². The van der Waals surface area contributed by atoms with Crippen molar-refractivity contribution in [3.8, 4) is 11.8 Å². The minimum Gasteiger partial charge on any atom is -0.494 e. The first-order valence-corrected chi connectivity index (χ1v) is 12.9. The Morgan fingerprint density at radius 1 is 1.28 bits per heavy atom. The number of carbonyl (C=O) groups is 2. The number of ether oxygens (including phenoxy) is 1. The number of hydrogen-bond donors (Lipinski definition) is 3. The molecule has 3 N–H and O–H groups in total. The zero-order valence-corrected chi connectivity index (χ0v) is 21.2. The van der Waals surface area contributed by atoms with E-state index in [1.54, 1.807) is 54.9 Å². The molecule has 9 nitrogen and oxygen atoms in total. The Balaban J connectivity index is 1.57. The quantitative estimate of drug-likeness (QED) is 0.365. The Bertz CT molecular complexity index is 1320. The van der Waals surface area contributed by atoms with Crippen LogP contribution in [-0.2, 0) is 9.59 Å². The summed E-state index contributed by atoms with van der Waals surface area (Å²) in [5.41, 5.74) is 1.79. The highest BCUT2D eigenvalue weighted by molar-refractivity contribution is 8.03. The summed E-state index contributed by atoms with van der Waals surface area (Å²) in [5.74, 6) is -0.151. The van der Waals surface area contributed by atoms with Crippen molar-refractivity contribution in [2.24, 2.45) is 0 Å². The van der Waals surface area contributed by atoms with E-state index in [-0.39, 0.29) is 17.6 Å². The van der Waals surface area contributed by atoms with Gasteiger partial charge in [0.2, 0.25) is 5.91 Å². The van der Waals surface area contributed by atoms with Gasteiger partial charge >= 0.3 is 0 Å². The predicted octanol–water partition coefficient (Wildman–Crippen LogP) is 4.84. The van der Waals surface area contributed by atoms with Gasteiger partial charge in [0.25, 0.3) is 5.91 Å². The van der Waals surface area contributed by atoms with E-state index >= 15 is 0 Å². The molecule has 0 radical (unpaired) electrons. The Morgan fingerprint density at radius 2 is 2.08 bits per heavy atom. The second-order valence-corrected chi connectivity index (χ2v) is 9.43. The summed E-state index contributed by atoms with van der Waals surface area (Å²) in [5, 5.41) is 21.6. The zero-order chi connectivity index (χ0) is 25.5. The van der Waals surface area contributed by atoms with Crippen LogP contribution >= 0.6 is 23.1 Å². The van der Waals surface area contributed by atoms with E-state index in [0.717, 1.165) is 0 Å². The summed E-state index contributed by atoms with van der Waals surface area (Å²) in [4.78, 5) is 29.8. The van der Waals surface area contributed by atoms with E-state index < -0.39 is 5.92 Å². The number of carbonyl (C=O) groups excluding carboxylic acids is 2. The number of benzene rings is 1. The maximum atomic E-state index is 13.4. The molecule has 0 aliphatic carbocycles. The second-order valence-electron chi connectivity index (χ2n) is 7.55. The fourth-order valence-electron chi connectivity index (χ4n) is 3.65. The second kappa shape index (κ2) is 11.6. The number of aromatic nitrogens is 1. The van der Waals surface area contributed by atoms with Gasteiger partial charge in [0.05, 0.1) is 46.8 Å². The third kappa shape index (κ3) is 5.79. The molecule has 36 heavy (non-hydrogen) atoms. The number of nitrogens with zero attached hydrogens (tertiary/aromatic N) is 2. The van der Waals surface area contributed by atoms with Gasteiger partial charge in [-0.3, -0.25) is 9.59 Å². The standard InChI is InChI=1S/C25H23N5O4S2/c1-3-33-17-8-6-16(7-9-17)29-23(32)21-15(2)28-24(18(13-26)22(21)19-5-4-11-34-19)36-14-20(31)30-25-27-10-12-35-25/h4-12,22,28H,3,14H2,1-2H3,(H,29,32)(H,27,30,31). The van der Waals surface area contributed by atoms with Crippen LogP contribution in [0.2, 0.25) is 0 Å². The van der Waals surface area contributed by atoms with Gasteiger partial charge in [-0.1, -0.05) is 11.8 Å². The Morgan fingerprint density at radius 3 is 2.72 bits per heavy atom. The molecule has 1 aliphatic rings. The van der Waals surface area contributed by atoms with Crippen LogP contribution in [0.3, 0.4) is 0 Å². The molecule has 1 atom stereocenters. The molecule has 11 heteroatoms. The van der Waals surface area contributed by atoms with Gasteiger partial charge in [0.15, 0.2) is 5.13 Å². The molecule has 2 aromatic heterocycles. The van der Waals surface area contributed by atoms with Crippen molar-refractivity contribution in [2.45, 2.75) is 19.8 Å². The number of hydrogen-bond acceptors (Lipinski definition) is 9. The fourth-order valence-corrected chi connectivity index (χ4v) is 5.08. The third-order valence-electron chi connectivity index (χ3n) is 5.17. The topological polar surface area (TPSA) is 129 Å². The molecule has 1 unspecified atom stereocenters. The monoisotopic (exact) mass is 521 g/mol. The number of furan rings is 1. The number of thiazole rings is 1. The van der Waals surface area contributed by atoms with Crippen LogP contribution < -0.4 is 20.7 Å². The highest BCUT2D eigenvalue weighted by Gasteiger charge is 2.36. The molecule has 184 valence electrons. The van der Waals surface area contributed by atoms with Crippen molar-refractivity contribution >= 4 is 45.7 Å². The molecule has 0 spiro atoms. The Hall–Kier alpha value is -4.01. The lowest BCUT2D eigenvalue weighted by Gasteiger charge is -2.28. The van der Waals surface area contributed by atoms with Gasteiger partial charge in [-0.15, -0.1) is 11.3 Å². The first-order chi connectivity index (χ1) is 17.5. The maximum absolute atomic E-state index is 13.4. The number of dihydropyridines is 1. The normalized spacial score (nSPS) is 15.2. The predicted molar refractivity (Wildman–Crippen MR) is 139 cm³/mol. The van der Waals surface area contributed by atoms with Gasteiger partial charge in [0.1, 0.15) is 11.5 Å². The average Bonchev–Trinajstić information content (AvgIpc) is 3.58. The third-order valence-corrected chi connectivity index (χ3v) is 6.87. The van der Waals surface area contributed by atoms with Crippen molar-refractivity contribution in [3.63, 3.8) is 0 Å². The van der Waals surface area contributed by atoms with Crippen LogP contribution in [0.25, 0.3) is 0 Å². The summed E-state index contributed by atoms with van der Waals surface area (Å²) < 4.78 is 11.1. The van der Waals surface area contributed by atoms with Crippen molar-refractivity contribution in [1.29, 1.82) is 5.26 Å². The number of anilines is 2. The summed E-state index contributed by atoms with van der Waals surface area (Å²) >= 11 is 2.50. The van der Waals surface area contributed by atoms with Crippen molar-refractivity contribution in [1.82, 2.24) is 10.3 Å². The summed E-state index contributed by atoms with van der Waals surface area (Å²) in [6.07, 6.45) is 3.10. The number of nitriles is 1. The SMILES string of the molecule is CCOc1ccc(NC(=O)C2=C(C)NC(SCC(=O)Nc3nccs3)=C(C#N)C2c2ccco2)cc1. The number of amides is 2. The van der Waals surface area contributed by atoms with E-state index in [2.05, 4.69) is 27.0 Å². The summed E-state index contributed by atoms with van der Waals surface area (Å²) in [7, 11) is 0. The lowest BCUT2D eigenvalue weighted by atomic mass is 9.85. The molecule has 0 saturated heterocycles. The minimum absolute atomic E-state index is 0.0545. The fraction of sp³-hybridized carbons (Fsp3) is 0.200. The van der Waals surface area contributed by atoms with E-state index in [0.29, 0.717) is 50.8 Å². The molecule has 3 heterocycles. The van der Waals surface area contributed by atoms with Gasteiger partial charge in [-0.05, 0) is 50.2 Å². The number of nitrogens with one attached hydrogen (secondary N) is 3. The lowest BCUT2D eigenvalue weighted by Crippen LogP contribution is -2.31.